The number of carbonyl (C=O) groups excluding carboxylic acids is 1. The van der Waals surface area contributed by atoms with Crippen LogP contribution < -0.4 is 0 Å². The lowest BCUT2D eigenvalue weighted by molar-refractivity contribution is -0.126. The van der Waals surface area contributed by atoms with E-state index in [4.69, 9.17) is 4.74 Å². The van der Waals surface area contributed by atoms with Gasteiger partial charge in [-0.2, -0.15) is 0 Å². The van der Waals surface area contributed by atoms with Gasteiger partial charge >= 0.3 is 0 Å². The molecule has 1 heterocycles. The Morgan fingerprint density at radius 2 is 1.88 bits per heavy atom. The standard InChI is InChI=1S/C14H26O2/c1-11(10-14(2,3)4)9-13(15)12-5-7-16-8-6-12/h11-12H,5-10H2,1-4H3. The van der Waals surface area contributed by atoms with Gasteiger partial charge in [0.05, 0.1) is 0 Å². The van der Waals surface area contributed by atoms with Crippen LogP contribution in [-0.2, 0) is 9.53 Å². The minimum absolute atomic E-state index is 0.274. The average molecular weight is 226 g/mol. The van der Waals surface area contributed by atoms with Crippen molar-refractivity contribution in [1.82, 2.24) is 0 Å². The predicted octanol–water partition coefficient (Wildman–Crippen LogP) is 3.44. The summed E-state index contributed by atoms with van der Waals surface area (Å²) in [4.78, 5) is 12.0. The molecule has 1 fully saturated rings. The average Bonchev–Trinajstić information content (AvgIpc) is 2.16. The van der Waals surface area contributed by atoms with E-state index in [-0.39, 0.29) is 5.92 Å². The molecule has 0 aromatic rings. The van der Waals surface area contributed by atoms with Crippen molar-refractivity contribution in [3.63, 3.8) is 0 Å². The molecule has 1 aliphatic heterocycles. The van der Waals surface area contributed by atoms with Crippen molar-refractivity contribution < 1.29 is 9.53 Å². The third kappa shape index (κ3) is 5.11. The van der Waals surface area contributed by atoms with Gasteiger partial charge in [-0.25, -0.2) is 0 Å². The topological polar surface area (TPSA) is 26.3 Å². The molecule has 0 bridgehead atoms. The molecule has 1 saturated heterocycles. The SMILES string of the molecule is CC(CC(=O)C1CCOCC1)CC(C)(C)C. The first-order chi connectivity index (χ1) is 7.38. The zero-order valence-corrected chi connectivity index (χ0v) is 11.2. The normalized spacial score (nSPS) is 20.8. The Morgan fingerprint density at radius 3 is 2.38 bits per heavy atom. The van der Waals surface area contributed by atoms with E-state index in [1.807, 2.05) is 0 Å². The Bertz CT molecular complexity index is 221. The minimum Gasteiger partial charge on any atom is -0.381 e. The summed E-state index contributed by atoms with van der Waals surface area (Å²) < 4.78 is 5.28. The highest BCUT2D eigenvalue weighted by atomic mass is 16.5. The van der Waals surface area contributed by atoms with Gasteiger partial charge in [0.1, 0.15) is 5.78 Å². The molecule has 1 rings (SSSR count). The molecule has 0 N–H and O–H groups in total. The van der Waals surface area contributed by atoms with Gasteiger partial charge in [-0.1, -0.05) is 27.7 Å². The fourth-order valence-corrected chi connectivity index (χ4v) is 2.65. The summed E-state index contributed by atoms with van der Waals surface area (Å²) in [5.74, 6) is 1.24. The monoisotopic (exact) mass is 226 g/mol. The quantitative estimate of drug-likeness (QED) is 0.734. The van der Waals surface area contributed by atoms with Crippen LogP contribution in [0.3, 0.4) is 0 Å². The van der Waals surface area contributed by atoms with Gasteiger partial charge in [0.2, 0.25) is 0 Å². The van der Waals surface area contributed by atoms with Crippen molar-refractivity contribution in [3.05, 3.63) is 0 Å². The molecular weight excluding hydrogens is 200 g/mol. The minimum atomic E-state index is 0.274. The Kier molecular flexibility index (Phi) is 4.97. The maximum Gasteiger partial charge on any atom is 0.136 e. The first-order valence-electron chi connectivity index (χ1n) is 6.49. The molecule has 2 heteroatoms. The van der Waals surface area contributed by atoms with Crippen molar-refractivity contribution in [1.29, 1.82) is 0 Å². The van der Waals surface area contributed by atoms with Crippen molar-refractivity contribution in [2.24, 2.45) is 17.3 Å². The Morgan fingerprint density at radius 1 is 1.31 bits per heavy atom. The lowest BCUT2D eigenvalue weighted by atomic mass is 9.81. The van der Waals surface area contributed by atoms with E-state index in [1.54, 1.807) is 0 Å². The van der Waals surface area contributed by atoms with E-state index in [1.165, 1.54) is 0 Å². The number of carbonyl (C=O) groups is 1. The highest BCUT2D eigenvalue weighted by Crippen LogP contribution is 2.28. The van der Waals surface area contributed by atoms with Crippen molar-refractivity contribution in [2.75, 3.05) is 13.2 Å². The third-order valence-electron chi connectivity index (χ3n) is 3.19. The molecule has 1 unspecified atom stereocenters. The van der Waals surface area contributed by atoms with E-state index in [2.05, 4.69) is 27.7 Å². The first-order valence-corrected chi connectivity index (χ1v) is 6.49. The summed E-state index contributed by atoms with van der Waals surface area (Å²) >= 11 is 0. The number of hydrogen-bond donors (Lipinski definition) is 0. The summed E-state index contributed by atoms with van der Waals surface area (Å²) in [6, 6.07) is 0. The van der Waals surface area contributed by atoms with Crippen LogP contribution in [0.1, 0.15) is 53.4 Å². The van der Waals surface area contributed by atoms with Crippen molar-refractivity contribution in [2.45, 2.75) is 53.4 Å². The predicted molar refractivity (Wildman–Crippen MR) is 66.4 cm³/mol. The molecular formula is C14H26O2. The lowest BCUT2D eigenvalue weighted by Gasteiger charge is -2.25. The summed E-state index contributed by atoms with van der Waals surface area (Å²) in [6.07, 6.45) is 3.74. The van der Waals surface area contributed by atoms with Gasteiger partial charge in [-0.15, -0.1) is 0 Å². The number of hydrogen-bond acceptors (Lipinski definition) is 2. The Hall–Kier alpha value is -0.370. The van der Waals surface area contributed by atoms with Crippen molar-refractivity contribution >= 4 is 5.78 Å². The summed E-state index contributed by atoms with van der Waals surface area (Å²) in [7, 11) is 0. The second-order valence-electron chi connectivity index (χ2n) is 6.43. The molecule has 0 spiro atoms. The highest BCUT2D eigenvalue weighted by Gasteiger charge is 2.24. The van der Waals surface area contributed by atoms with Crippen LogP contribution in [0.5, 0.6) is 0 Å². The summed E-state index contributed by atoms with van der Waals surface area (Å²) in [5, 5.41) is 0. The van der Waals surface area contributed by atoms with Crippen LogP contribution in [0.25, 0.3) is 0 Å². The highest BCUT2D eigenvalue weighted by molar-refractivity contribution is 5.81. The van der Waals surface area contributed by atoms with Crippen LogP contribution in [0, 0.1) is 17.3 Å². The fourth-order valence-electron chi connectivity index (χ4n) is 2.65. The van der Waals surface area contributed by atoms with Crippen LogP contribution >= 0.6 is 0 Å². The third-order valence-corrected chi connectivity index (χ3v) is 3.19. The van der Waals surface area contributed by atoms with E-state index in [0.29, 0.717) is 17.1 Å². The lowest BCUT2D eigenvalue weighted by Crippen LogP contribution is -2.25. The van der Waals surface area contributed by atoms with Crippen LogP contribution in [0.15, 0.2) is 0 Å². The van der Waals surface area contributed by atoms with Crippen LogP contribution in [0.2, 0.25) is 0 Å². The zero-order chi connectivity index (χ0) is 12.2. The van der Waals surface area contributed by atoms with E-state index in [0.717, 1.165) is 38.9 Å². The Balaban J connectivity index is 2.32. The van der Waals surface area contributed by atoms with Gasteiger partial charge in [0, 0.05) is 25.6 Å². The molecule has 0 amide bonds. The first kappa shape index (κ1) is 13.7. The molecule has 94 valence electrons. The zero-order valence-electron chi connectivity index (χ0n) is 11.2. The van der Waals surface area contributed by atoms with Crippen LogP contribution in [-0.4, -0.2) is 19.0 Å². The molecule has 0 aromatic heterocycles. The summed E-state index contributed by atoms with van der Waals surface area (Å²) in [6.45, 7) is 10.4. The molecule has 16 heavy (non-hydrogen) atoms. The molecule has 0 aliphatic carbocycles. The number of rotatable bonds is 4. The summed E-state index contributed by atoms with van der Waals surface area (Å²) in [5.41, 5.74) is 0.329. The molecule has 0 aromatic carbocycles. The van der Waals surface area contributed by atoms with Gasteiger partial charge < -0.3 is 4.74 Å². The van der Waals surface area contributed by atoms with Gasteiger partial charge in [0.25, 0.3) is 0 Å². The second kappa shape index (κ2) is 5.81. The largest absolute Gasteiger partial charge is 0.381 e. The van der Waals surface area contributed by atoms with Crippen molar-refractivity contribution in [3.8, 4) is 0 Å². The number of Topliss-reactive ketones (excluding diaryl/α,β-unsaturated/α-hetero) is 1. The number of ether oxygens (including phenoxy) is 1. The van der Waals surface area contributed by atoms with E-state index in [9.17, 15) is 4.79 Å². The smallest absolute Gasteiger partial charge is 0.136 e. The van der Waals surface area contributed by atoms with Gasteiger partial charge in [-0.3, -0.25) is 4.79 Å². The maximum atomic E-state index is 12.0. The fraction of sp³-hybridized carbons (Fsp3) is 0.929. The van der Waals surface area contributed by atoms with Gasteiger partial charge in [-0.05, 0) is 30.6 Å². The molecule has 0 radical (unpaired) electrons. The second-order valence-corrected chi connectivity index (χ2v) is 6.43. The van der Waals surface area contributed by atoms with E-state index >= 15 is 0 Å². The molecule has 1 aliphatic rings. The maximum absolute atomic E-state index is 12.0. The van der Waals surface area contributed by atoms with E-state index < -0.39 is 0 Å². The van der Waals surface area contributed by atoms with Gasteiger partial charge in [0.15, 0.2) is 0 Å². The Labute approximate surface area is 99.8 Å². The molecule has 1 atom stereocenters. The molecule has 2 nitrogen and oxygen atoms in total. The number of ketones is 1. The molecule has 0 saturated carbocycles. The van der Waals surface area contributed by atoms with Crippen LogP contribution in [0.4, 0.5) is 0 Å².